The van der Waals surface area contributed by atoms with E-state index in [9.17, 15) is 8.78 Å². The SMILES string of the molecule is NCC(F)Cc1cccc(F)c1Br. The lowest BCUT2D eigenvalue weighted by molar-refractivity contribution is 0.339. The Morgan fingerprint density at radius 3 is 2.77 bits per heavy atom. The molecule has 1 rings (SSSR count). The fraction of sp³-hybridized carbons (Fsp3) is 0.333. The number of nitrogens with two attached hydrogens (primary N) is 1. The number of halogens is 3. The third-order valence-corrected chi connectivity index (χ3v) is 2.62. The monoisotopic (exact) mass is 249 g/mol. The summed E-state index contributed by atoms with van der Waals surface area (Å²) in [7, 11) is 0. The molecular weight excluding hydrogens is 240 g/mol. The average Bonchev–Trinajstić information content (AvgIpc) is 2.13. The molecule has 0 heterocycles. The smallest absolute Gasteiger partial charge is 0.137 e. The van der Waals surface area contributed by atoms with E-state index >= 15 is 0 Å². The molecule has 2 N–H and O–H groups in total. The van der Waals surface area contributed by atoms with Crippen LogP contribution < -0.4 is 5.73 Å². The molecule has 1 nitrogen and oxygen atoms in total. The first-order valence-electron chi connectivity index (χ1n) is 3.92. The second kappa shape index (κ2) is 4.67. The highest BCUT2D eigenvalue weighted by molar-refractivity contribution is 9.10. The van der Waals surface area contributed by atoms with Gasteiger partial charge in [0.15, 0.2) is 0 Å². The Morgan fingerprint density at radius 1 is 1.46 bits per heavy atom. The van der Waals surface area contributed by atoms with E-state index in [-0.39, 0.29) is 18.8 Å². The van der Waals surface area contributed by atoms with E-state index < -0.39 is 6.17 Å². The number of rotatable bonds is 3. The zero-order chi connectivity index (χ0) is 9.84. The quantitative estimate of drug-likeness (QED) is 0.875. The van der Waals surface area contributed by atoms with Gasteiger partial charge in [0.25, 0.3) is 0 Å². The maximum Gasteiger partial charge on any atom is 0.137 e. The Labute approximate surface area is 84.1 Å². The van der Waals surface area contributed by atoms with E-state index in [1.165, 1.54) is 6.07 Å². The molecule has 0 fully saturated rings. The van der Waals surface area contributed by atoms with Gasteiger partial charge in [0.2, 0.25) is 0 Å². The third-order valence-electron chi connectivity index (χ3n) is 1.73. The Bertz CT molecular complexity index is 291. The van der Waals surface area contributed by atoms with Gasteiger partial charge in [0.1, 0.15) is 12.0 Å². The molecule has 0 saturated heterocycles. The molecule has 0 saturated carbocycles. The van der Waals surface area contributed by atoms with Gasteiger partial charge in [0, 0.05) is 13.0 Å². The summed E-state index contributed by atoms with van der Waals surface area (Å²) in [5.74, 6) is -0.373. The highest BCUT2D eigenvalue weighted by Crippen LogP contribution is 2.21. The van der Waals surface area contributed by atoms with Crippen LogP contribution in [0.1, 0.15) is 5.56 Å². The van der Waals surface area contributed by atoms with Gasteiger partial charge in [-0.1, -0.05) is 12.1 Å². The molecule has 1 aromatic rings. The number of hydrogen-bond acceptors (Lipinski definition) is 1. The van der Waals surface area contributed by atoms with E-state index in [1.54, 1.807) is 12.1 Å². The molecule has 0 bridgehead atoms. The summed E-state index contributed by atoms with van der Waals surface area (Å²) in [6.07, 6.45) is -0.965. The predicted molar refractivity (Wildman–Crippen MR) is 51.8 cm³/mol. The zero-order valence-corrected chi connectivity index (χ0v) is 8.52. The fourth-order valence-corrected chi connectivity index (χ4v) is 1.45. The maximum absolute atomic E-state index is 12.9. The van der Waals surface area contributed by atoms with Crippen molar-refractivity contribution in [1.29, 1.82) is 0 Å². The Kier molecular flexibility index (Phi) is 3.81. The first-order chi connectivity index (χ1) is 6.15. The van der Waals surface area contributed by atoms with E-state index in [1.807, 2.05) is 0 Å². The van der Waals surface area contributed by atoms with Gasteiger partial charge in [-0.3, -0.25) is 0 Å². The lowest BCUT2D eigenvalue weighted by atomic mass is 10.1. The Balaban J connectivity index is 2.83. The van der Waals surface area contributed by atoms with E-state index in [2.05, 4.69) is 15.9 Å². The van der Waals surface area contributed by atoms with Gasteiger partial charge in [-0.05, 0) is 27.6 Å². The summed E-state index contributed by atoms with van der Waals surface area (Å²) in [6, 6.07) is 4.55. The van der Waals surface area contributed by atoms with Gasteiger partial charge in [-0.25, -0.2) is 8.78 Å². The summed E-state index contributed by atoms with van der Waals surface area (Å²) < 4.78 is 26.1. The summed E-state index contributed by atoms with van der Waals surface area (Å²) in [5.41, 5.74) is 5.73. The van der Waals surface area contributed by atoms with Crippen LogP contribution in [-0.4, -0.2) is 12.7 Å². The van der Waals surface area contributed by atoms with Crippen LogP contribution in [-0.2, 0) is 6.42 Å². The minimum absolute atomic E-state index is 0.0387. The summed E-state index contributed by atoms with van der Waals surface area (Å²) in [5, 5.41) is 0. The van der Waals surface area contributed by atoms with Crippen molar-refractivity contribution in [3.05, 3.63) is 34.1 Å². The molecule has 0 aliphatic heterocycles. The zero-order valence-electron chi connectivity index (χ0n) is 6.93. The molecule has 4 heteroatoms. The van der Waals surface area contributed by atoms with Crippen molar-refractivity contribution < 1.29 is 8.78 Å². The first kappa shape index (κ1) is 10.6. The number of alkyl halides is 1. The summed E-state index contributed by atoms with van der Waals surface area (Å²) in [6.45, 7) is -0.0387. The van der Waals surface area contributed by atoms with Gasteiger partial charge in [-0.15, -0.1) is 0 Å². The van der Waals surface area contributed by atoms with Crippen LogP contribution in [0, 0.1) is 5.82 Å². The average molecular weight is 250 g/mol. The predicted octanol–water partition coefficient (Wildman–Crippen LogP) is 2.43. The largest absolute Gasteiger partial charge is 0.328 e. The molecule has 0 radical (unpaired) electrons. The van der Waals surface area contributed by atoms with Crippen LogP contribution in [0.2, 0.25) is 0 Å². The maximum atomic E-state index is 12.9. The molecule has 0 amide bonds. The van der Waals surface area contributed by atoms with Crippen LogP contribution in [0.15, 0.2) is 22.7 Å². The van der Waals surface area contributed by atoms with Crippen LogP contribution in [0.4, 0.5) is 8.78 Å². The van der Waals surface area contributed by atoms with Crippen molar-refractivity contribution in [3.63, 3.8) is 0 Å². The van der Waals surface area contributed by atoms with E-state index in [0.29, 0.717) is 10.0 Å². The highest BCUT2D eigenvalue weighted by Gasteiger charge is 2.10. The summed E-state index contributed by atoms with van der Waals surface area (Å²) in [4.78, 5) is 0. The van der Waals surface area contributed by atoms with Gasteiger partial charge in [0.05, 0.1) is 4.47 Å². The van der Waals surface area contributed by atoms with Crippen LogP contribution in [0.5, 0.6) is 0 Å². The van der Waals surface area contributed by atoms with Crippen LogP contribution in [0.25, 0.3) is 0 Å². The van der Waals surface area contributed by atoms with Crippen molar-refractivity contribution in [2.24, 2.45) is 5.73 Å². The van der Waals surface area contributed by atoms with Crippen molar-refractivity contribution in [2.75, 3.05) is 6.54 Å². The van der Waals surface area contributed by atoms with Crippen molar-refractivity contribution in [3.8, 4) is 0 Å². The van der Waals surface area contributed by atoms with Gasteiger partial charge < -0.3 is 5.73 Å². The normalized spacial score (nSPS) is 12.9. The standard InChI is InChI=1S/C9H10BrF2N/c10-9-6(4-7(11)5-13)2-1-3-8(9)12/h1-3,7H,4-5,13H2. The number of benzene rings is 1. The van der Waals surface area contributed by atoms with E-state index in [0.717, 1.165) is 0 Å². The topological polar surface area (TPSA) is 26.0 Å². The van der Waals surface area contributed by atoms with Crippen molar-refractivity contribution in [2.45, 2.75) is 12.6 Å². The van der Waals surface area contributed by atoms with Crippen LogP contribution >= 0.6 is 15.9 Å². The highest BCUT2D eigenvalue weighted by atomic mass is 79.9. The van der Waals surface area contributed by atoms with Gasteiger partial charge >= 0.3 is 0 Å². The molecule has 0 spiro atoms. The van der Waals surface area contributed by atoms with E-state index in [4.69, 9.17) is 5.73 Å². The lowest BCUT2D eigenvalue weighted by Gasteiger charge is -2.07. The first-order valence-corrected chi connectivity index (χ1v) is 4.71. The molecule has 0 aromatic heterocycles. The second-order valence-corrected chi connectivity index (χ2v) is 3.54. The van der Waals surface area contributed by atoms with Crippen molar-refractivity contribution in [1.82, 2.24) is 0 Å². The minimum Gasteiger partial charge on any atom is -0.328 e. The minimum atomic E-state index is -1.11. The van der Waals surface area contributed by atoms with Crippen LogP contribution in [0.3, 0.4) is 0 Å². The molecule has 13 heavy (non-hydrogen) atoms. The molecular formula is C9H10BrF2N. The van der Waals surface area contributed by atoms with Crippen molar-refractivity contribution >= 4 is 15.9 Å². The fourth-order valence-electron chi connectivity index (χ4n) is 1.03. The molecule has 0 aliphatic rings. The Hall–Kier alpha value is -0.480. The lowest BCUT2D eigenvalue weighted by Crippen LogP contribution is -2.17. The summed E-state index contributed by atoms with van der Waals surface area (Å²) >= 11 is 3.06. The molecule has 1 unspecified atom stereocenters. The van der Waals surface area contributed by atoms with Gasteiger partial charge in [-0.2, -0.15) is 0 Å². The molecule has 1 atom stereocenters. The molecule has 0 aliphatic carbocycles. The molecule has 72 valence electrons. The second-order valence-electron chi connectivity index (χ2n) is 2.75. The molecule has 1 aromatic carbocycles. The number of hydrogen-bond donors (Lipinski definition) is 1. The Morgan fingerprint density at radius 2 is 2.15 bits per heavy atom. The third kappa shape index (κ3) is 2.74.